The average Bonchev–Trinajstić information content (AvgIpc) is 3.17. The zero-order valence-corrected chi connectivity index (χ0v) is 14.3. The molecule has 22 heavy (non-hydrogen) atoms. The van der Waals surface area contributed by atoms with Crippen LogP contribution in [0.2, 0.25) is 0 Å². The predicted molar refractivity (Wildman–Crippen MR) is 89.6 cm³/mol. The predicted octanol–water partition coefficient (Wildman–Crippen LogP) is 3.45. The van der Waals surface area contributed by atoms with Crippen LogP contribution in [-0.2, 0) is 11.2 Å². The molecule has 0 bridgehead atoms. The molecule has 0 spiro atoms. The third kappa shape index (κ3) is 5.04. The number of carbonyl (C=O) groups is 1. The van der Waals surface area contributed by atoms with Gasteiger partial charge < -0.3 is 10.1 Å². The number of amides is 2. The number of nitrogens with one attached hydrogen (secondary N) is 2. The molecular formula is C14H20N4O2S2. The minimum atomic E-state index is -0.257. The molecule has 2 heterocycles. The fourth-order valence-corrected chi connectivity index (χ4v) is 3.44. The van der Waals surface area contributed by atoms with Gasteiger partial charge in [0, 0.05) is 17.9 Å². The normalized spacial score (nSPS) is 12.1. The van der Waals surface area contributed by atoms with Crippen molar-refractivity contribution < 1.29 is 9.53 Å². The molecule has 2 amide bonds. The Morgan fingerprint density at radius 3 is 2.95 bits per heavy atom. The number of nitrogens with zero attached hydrogens (tertiary/aromatic N) is 2. The van der Waals surface area contributed by atoms with Crippen LogP contribution in [0.5, 0.6) is 0 Å². The van der Waals surface area contributed by atoms with Gasteiger partial charge in [-0.2, -0.15) is 0 Å². The van der Waals surface area contributed by atoms with Gasteiger partial charge >= 0.3 is 6.03 Å². The summed E-state index contributed by atoms with van der Waals surface area (Å²) in [6.07, 6.45) is 1.55. The van der Waals surface area contributed by atoms with Crippen molar-refractivity contribution >= 4 is 33.8 Å². The Morgan fingerprint density at radius 2 is 2.27 bits per heavy atom. The van der Waals surface area contributed by atoms with Crippen molar-refractivity contribution in [2.45, 2.75) is 32.7 Å². The van der Waals surface area contributed by atoms with Crippen LogP contribution in [-0.4, -0.2) is 29.4 Å². The number of urea groups is 1. The van der Waals surface area contributed by atoms with Crippen molar-refractivity contribution in [3.05, 3.63) is 27.4 Å². The van der Waals surface area contributed by atoms with Crippen molar-refractivity contribution in [3.63, 3.8) is 0 Å². The average molecular weight is 340 g/mol. The Balaban J connectivity index is 1.83. The topological polar surface area (TPSA) is 76.1 Å². The smallest absolute Gasteiger partial charge is 0.321 e. The van der Waals surface area contributed by atoms with E-state index >= 15 is 0 Å². The number of hydrogen-bond acceptors (Lipinski definition) is 6. The van der Waals surface area contributed by atoms with Crippen molar-refractivity contribution in [1.82, 2.24) is 15.5 Å². The largest absolute Gasteiger partial charge is 0.381 e. The van der Waals surface area contributed by atoms with Crippen molar-refractivity contribution in [1.29, 1.82) is 0 Å². The highest BCUT2D eigenvalue weighted by atomic mass is 32.1. The number of aromatic nitrogens is 2. The molecule has 2 aromatic heterocycles. The third-order valence-electron chi connectivity index (χ3n) is 2.95. The van der Waals surface area contributed by atoms with Gasteiger partial charge in [0.2, 0.25) is 5.13 Å². The molecule has 0 aromatic carbocycles. The molecule has 8 heteroatoms. The van der Waals surface area contributed by atoms with Crippen LogP contribution in [0.25, 0.3) is 0 Å². The molecule has 2 N–H and O–H groups in total. The van der Waals surface area contributed by atoms with Gasteiger partial charge in [-0.05, 0) is 24.8 Å². The van der Waals surface area contributed by atoms with E-state index < -0.39 is 0 Å². The van der Waals surface area contributed by atoms with Crippen LogP contribution in [0, 0.1) is 0 Å². The first-order valence-electron chi connectivity index (χ1n) is 7.24. The third-order valence-corrected chi connectivity index (χ3v) is 4.84. The maximum atomic E-state index is 12.0. The van der Waals surface area contributed by atoms with Gasteiger partial charge in [0.05, 0.1) is 12.6 Å². The van der Waals surface area contributed by atoms with Crippen molar-refractivity contribution in [2.75, 3.05) is 18.5 Å². The lowest BCUT2D eigenvalue weighted by Gasteiger charge is -2.15. The van der Waals surface area contributed by atoms with Crippen LogP contribution >= 0.6 is 22.7 Å². The number of hydrogen-bond donors (Lipinski definition) is 2. The highest BCUT2D eigenvalue weighted by Gasteiger charge is 2.15. The van der Waals surface area contributed by atoms with Gasteiger partial charge in [-0.3, -0.25) is 5.32 Å². The van der Waals surface area contributed by atoms with Crippen molar-refractivity contribution in [3.8, 4) is 0 Å². The SMILES string of the molecule is CCOCCc1nnc(NC(=O)N[C@H](CC)c2cccs2)s1. The molecule has 0 radical (unpaired) electrons. The van der Waals surface area contributed by atoms with E-state index in [0.29, 0.717) is 24.8 Å². The molecule has 6 nitrogen and oxygen atoms in total. The quantitative estimate of drug-likeness (QED) is 0.722. The molecule has 2 aromatic rings. The van der Waals surface area contributed by atoms with Gasteiger partial charge in [0.15, 0.2) is 0 Å². The first kappa shape index (κ1) is 16.9. The summed E-state index contributed by atoms with van der Waals surface area (Å²) >= 11 is 3.01. The van der Waals surface area contributed by atoms with Crippen molar-refractivity contribution in [2.24, 2.45) is 0 Å². The molecule has 0 saturated heterocycles. The molecule has 1 atom stereocenters. The fourth-order valence-electron chi connectivity index (χ4n) is 1.86. The minimum Gasteiger partial charge on any atom is -0.381 e. The Morgan fingerprint density at radius 1 is 1.41 bits per heavy atom. The van der Waals surface area contributed by atoms with Crippen LogP contribution in [0.3, 0.4) is 0 Å². The summed E-state index contributed by atoms with van der Waals surface area (Å²) in [5.74, 6) is 0. The molecule has 0 unspecified atom stereocenters. The summed E-state index contributed by atoms with van der Waals surface area (Å²) in [5.41, 5.74) is 0. The molecule has 0 aliphatic rings. The first-order chi connectivity index (χ1) is 10.7. The number of thiophene rings is 1. The monoisotopic (exact) mass is 340 g/mol. The Labute approximate surface area is 137 Å². The molecule has 2 rings (SSSR count). The summed E-state index contributed by atoms with van der Waals surface area (Å²) in [6.45, 7) is 5.30. The van der Waals surface area contributed by atoms with E-state index in [1.54, 1.807) is 11.3 Å². The summed E-state index contributed by atoms with van der Waals surface area (Å²) < 4.78 is 5.28. The minimum absolute atomic E-state index is 0.0188. The van der Waals surface area contributed by atoms with E-state index in [2.05, 4.69) is 20.8 Å². The molecular weight excluding hydrogens is 320 g/mol. The number of ether oxygens (including phenoxy) is 1. The Hall–Kier alpha value is -1.51. The summed E-state index contributed by atoms with van der Waals surface area (Å²) in [5, 5.41) is 17.1. The summed E-state index contributed by atoms with van der Waals surface area (Å²) in [7, 11) is 0. The lowest BCUT2D eigenvalue weighted by atomic mass is 10.2. The lowest BCUT2D eigenvalue weighted by Crippen LogP contribution is -2.31. The maximum absolute atomic E-state index is 12.0. The van der Waals surface area contributed by atoms with Gasteiger partial charge in [0.1, 0.15) is 5.01 Å². The molecule has 0 aliphatic heterocycles. The second-order valence-corrected chi connectivity index (χ2v) is 6.56. The van der Waals surface area contributed by atoms with E-state index in [1.807, 2.05) is 31.4 Å². The van der Waals surface area contributed by atoms with E-state index in [-0.39, 0.29) is 12.1 Å². The molecule has 120 valence electrons. The van der Waals surface area contributed by atoms with E-state index in [1.165, 1.54) is 11.3 Å². The van der Waals surface area contributed by atoms with Gasteiger partial charge in [-0.1, -0.05) is 24.3 Å². The van der Waals surface area contributed by atoms with E-state index in [9.17, 15) is 4.79 Å². The second-order valence-electron chi connectivity index (χ2n) is 4.52. The van der Waals surface area contributed by atoms with Crippen LogP contribution in [0.1, 0.15) is 36.2 Å². The summed E-state index contributed by atoms with van der Waals surface area (Å²) in [4.78, 5) is 13.2. The number of anilines is 1. The number of rotatable bonds is 8. The number of carbonyl (C=O) groups excluding carboxylic acids is 1. The molecule has 0 aliphatic carbocycles. The van der Waals surface area contributed by atoms with Gasteiger partial charge in [0.25, 0.3) is 0 Å². The summed E-state index contributed by atoms with van der Waals surface area (Å²) in [6, 6.07) is 3.77. The lowest BCUT2D eigenvalue weighted by molar-refractivity contribution is 0.150. The molecule has 0 saturated carbocycles. The Kier molecular flexibility index (Phi) is 6.75. The Bertz CT molecular complexity index is 571. The second kappa shape index (κ2) is 8.82. The van der Waals surface area contributed by atoms with Gasteiger partial charge in [-0.25, -0.2) is 4.79 Å². The van der Waals surface area contributed by atoms with Crippen LogP contribution in [0.15, 0.2) is 17.5 Å². The standard InChI is InChI=1S/C14H20N4O2S2/c1-3-10(11-6-5-9-21-11)15-13(19)16-14-18-17-12(22-14)7-8-20-4-2/h5-6,9-10H,3-4,7-8H2,1-2H3,(H2,15,16,18,19)/t10-/m1/s1. The van der Waals surface area contributed by atoms with E-state index in [0.717, 1.165) is 16.3 Å². The van der Waals surface area contributed by atoms with Crippen LogP contribution < -0.4 is 10.6 Å². The highest BCUT2D eigenvalue weighted by Crippen LogP contribution is 2.22. The fraction of sp³-hybridized carbons (Fsp3) is 0.500. The molecule has 0 fully saturated rings. The highest BCUT2D eigenvalue weighted by molar-refractivity contribution is 7.15. The zero-order valence-electron chi connectivity index (χ0n) is 12.7. The van der Waals surface area contributed by atoms with Crippen LogP contribution in [0.4, 0.5) is 9.93 Å². The first-order valence-corrected chi connectivity index (χ1v) is 8.93. The maximum Gasteiger partial charge on any atom is 0.321 e. The van der Waals surface area contributed by atoms with Gasteiger partial charge in [-0.15, -0.1) is 21.5 Å². The zero-order chi connectivity index (χ0) is 15.8. The van der Waals surface area contributed by atoms with E-state index in [4.69, 9.17) is 4.74 Å².